The number of esters is 1. The zero-order valence-corrected chi connectivity index (χ0v) is 19.6. The molecule has 4 nitrogen and oxygen atoms in total. The van der Waals surface area contributed by atoms with Crippen LogP contribution in [0, 0.1) is 6.92 Å². The summed E-state index contributed by atoms with van der Waals surface area (Å²) in [5, 5.41) is 0. The molecule has 0 bridgehead atoms. The molecule has 0 atom stereocenters. The fraction of sp³-hybridized carbons (Fsp3) is 0.0741. The van der Waals surface area contributed by atoms with Gasteiger partial charge in [-0.05, 0) is 47.9 Å². The van der Waals surface area contributed by atoms with Crippen molar-refractivity contribution in [2.75, 3.05) is 0 Å². The molecule has 0 spiro atoms. The van der Waals surface area contributed by atoms with Gasteiger partial charge >= 0.3 is 5.97 Å². The standard InChI is InChI=1S/C27H21NO3S2/c1-19-7-9-22(10-8-19)18-28-26(30)24(33-27(28)32)17-21-11-14-23(15-12-21)31-25(29)16-13-20-5-3-2-4-6-20/h2-17H,18H2,1H3/b16-13+,24-17+. The number of nitrogens with zero attached hydrogens (tertiary/aromatic N) is 1. The molecule has 164 valence electrons. The van der Waals surface area contributed by atoms with Gasteiger partial charge in [0, 0.05) is 6.08 Å². The monoisotopic (exact) mass is 471 g/mol. The Morgan fingerprint density at radius 1 is 0.970 bits per heavy atom. The first kappa shape index (κ1) is 22.7. The van der Waals surface area contributed by atoms with Crippen LogP contribution in [0.3, 0.4) is 0 Å². The van der Waals surface area contributed by atoms with Crippen LogP contribution in [0.1, 0.15) is 22.3 Å². The van der Waals surface area contributed by atoms with Gasteiger partial charge in [0.05, 0.1) is 11.4 Å². The summed E-state index contributed by atoms with van der Waals surface area (Å²) in [4.78, 5) is 27.1. The van der Waals surface area contributed by atoms with Crippen LogP contribution in [-0.4, -0.2) is 21.1 Å². The predicted octanol–water partition coefficient (Wildman–Crippen LogP) is 6.02. The Labute approximate surface area is 202 Å². The van der Waals surface area contributed by atoms with E-state index in [4.69, 9.17) is 17.0 Å². The van der Waals surface area contributed by atoms with E-state index in [-0.39, 0.29) is 5.91 Å². The highest BCUT2D eigenvalue weighted by molar-refractivity contribution is 8.26. The second-order valence-electron chi connectivity index (χ2n) is 7.49. The molecular formula is C27H21NO3S2. The van der Waals surface area contributed by atoms with Crippen molar-refractivity contribution in [1.29, 1.82) is 0 Å². The molecule has 6 heteroatoms. The minimum Gasteiger partial charge on any atom is -0.423 e. The minimum atomic E-state index is -0.455. The molecule has 0 unspecified atom stereocenters. The van der Waals surface area contributed by atoms with Crippen LogP contribution in [0.25, 0.3) is 12.2 Å². The first-order valence-corrected chi connectivity index (χ1v) is 11.6. The number of benzene rings is 3. The van der Waals surface area contributed by atoms with Crippen LogP contribution in [0.5, 0.6) is 5.75 Å². The Kier molecular flexibility index (Phi) is 7.17. The highest BCUT2D eigenvalue weighted by atomic mass is 32.2. The maximum absolute atomic E-state index is 12.9. The van der Waals surface area contributed by atoms with Crippen molar-refractivity contribution >= 4 is 52.3 Å². The van der Waals surface area contributed by atoms with E-state index < -0.39 is 5.97 Å². The van der Waals surface area contributed by atoms with Crippen LogP contribution in [0.2, 0.25) is 0 Å². The summed E-state index contributed by atoms with van der Waals surface area (Å²) in [6.45, 7) is 2.48. The molecule has 1 fully saturated rings. The van der Waals surface area contributed by atoms with E-state index in [1.807, 2.05) is 61.5 Å². The predicted molar refractivity (Wildman–Crippen MR) is 137 cm³/mol. The number of thioether (sulfide) groups is 1. The van der Waals surface area contributed by atoms with Crippen LogP contribution in [0.15, 0.2) is 89.8 Å². The summed E-state index contributed by atoms with van der Waals surface area (Å²) < 4.78 is 5.89. The molecular weight excluding hydrogens is 450 g/mol. The van der Waals surface area contributed by atoms with E-state index in [9.17, 15) is 9.59 Å². The molecule has 0 aliphatic carbocycles. The number of carbonyl (C=O) groups is 2. The number of hydrogen-bond acceptors (Lipinski definition) is 5. The van der Waals surface area contributed by atoms with Gasteiger partial charge < -0.3 is 4.74 Å². The number of hydrogen-bond donors (Lipinski definition) is 0. The highest BCUT2D eigenvalue weighted by Crippen LogP contribution is 2.33. The molecule has 0 N–H and O–H groups in total. The molecule has 0 saturated carbocycles. The first-order chi connectivity index (χ1) is 16.0. The summed E-state index contributed by atoms with van der Waals surface area (Å²) in [6, 6.07) is 24.6. The normalized spacial score (nSPS) is 14.9. The fourth-order valence-electron chi connectivity index (χ4n) is 3.17. The lowest BCUT2D eigenvalue weighted by molar-refractivity contribution is -0.129. The van der Waals surface area contributed by atoms with Crippen molar-refractivity contribution in [2.45, 2.75) is 13.5 Å². The SMILES string of the molecule is Cc1ccc(CN2C(=O)/C(=C\c3ccc(OC(=O)/C=C/c4ccccc4)cc3)SC2=S)cc1. The van der Waals surface area contributed by atoms with Gasteiger partial charge in [-0.15, -0.1) is 0 Å². The van der Waals surface area contributed by atoms with Crippen LogP contribution < -0.4 is 4.74 Å². The number of aryl methyl sites for hydroxylation is 1. The van der Waals surface area contributed by atoms with E-state index in [2.05, 4.69) is 0 Å². The lowest BCUT2D eigenvalue weighted by Crippen LogP contribution is -2.27. The molecule has 1 saturated heterocycles. The third-order valence-corrected chi connectivity index (χ3v) is 6.32. The van der Waals surface area contributed by atoms with Gasteiger partial charge in [0.15, 0.2) is 0 Å². The van der Waals surface area contributed by atoms with Gasteiger partial charge in [-0.2, -0.15) is 0 Å². The molecule has 33 heavy (non-hydrogen) atoms. The highest BCUT2D eigenvalue weighted by Gasteiger charge is 2.31. The van der Waals surface area contributed by atoms with Crippen molar-refractivity contribution < 1.29 is 14.3 Å². The van der Waals surface area contributed by atoms with E-state index >= 15 is 0 Å². The van der Waals surface area contributed by atoms with Crippen molar-refractivity contribution in [3.63, 3.8) is 0 Å². The Morgan fingerprint density at radius 2 is 1.67 bits per heavy atom. The third-order valence-electron chi connectivity index (χ3n) is 4.94. The minimum absolute atomic E-state index is 0.105. The van der Waals surface area contributed by atoms with Gasteiger partial charge in [-0.3, -0.25) is 9.69 Å². The van der Waals surface area contributed by atoms with Crippen molar-refractivity contribution in [2.24, 2.45) is 0 Å². The van der Waals surface area contributed by atoms with E-state index in [0.29, 0.717) is 21.5 Å². The Bertz CT molecular complexity index is 1230. The maximum atomic E-state index is 12.9. The second-order valence-corrected chi connectivity index (χ2v) is 9.16. The zero-order chi connectivity index (χ0) is 23.2. The van der Waals surface area contributed by atoms with Crippen molar-refractivity contribution in [3.8, 4) is 5.75 Å². The summed E-state index contributed by atoms with van der Waals surface area (Å²) >= 11 is 6.72. The number of rotatable bonds is 6. The largest absolute Gasteiger partial charge is 0.423 e. The van der Waals surface area contributed by atoms with Crippen molar-refractivity contribution in [3.05, 3.63) is 112 Å². The molecule has 1 heterocycles. The van der Waals surface area contributed by atoms with Crippen LogP contribution in [-0.2, 0) is 16.1 Å². The van der Waals surface area contributed by atoms with Crippen molar-refractivity contribution in [1.82, 2.24) is 4.90 Å². The fourth-order valence-corrected chi connectivity index (χ4v) is 4.43. The van der Waals surface area contributed by atoms with Gasteiger partial charge in [0.25, 0.3) is 5.91 Å². The zero-order valence-electron chi connectivity index (χ0n) is 17.9. The summed E-state index contributed by atoms with van der Waals surface area (Å²) in [5.41, 5.74) is 3.95. The van der Waals surface area contributed by atoms with Crippen LogP contribution >= 0.6 is 24.0 Å². The summed E-state index contributed by atoms with van der Waals surface area (Å²) in [5.74, 6) is -0.127. The molecule has 1 amide bonds. The topological polar surface area (TPSA) is 46.6 Å². The number of amides is 1. The molecule has 4 rings (SSSR count). The van der Waals surface area contributed by atoms with E-state index in [0.717, 1.165) is 16.7 Å². The number of carbonyl (C=O) groups excluding carboxylic acids is 2. The third kappa shape index (κ3) is 6.06. The summed E-state index contributed by atoms with van der Waals surface area (Å²) in [6.07, 6.45) is 4.90. The molecule has 1 aliphatic rings. The Balaban J connectivity index is 1.38. The lowest BCUT2D eigenvalue weighted by atomic mass is 10.1. The van der Waals surface area contributed by atoms with E-state index in [1.165, 1.54) is 23.4 Å². The molecule has 0 radical (unpaired) electrons. The Morgan fingerprint density at radius 3 is 2.36 bits per heavy atom. The Hall–Kier alpha value is -3.48. The summed E-state index contributed by atoms with van der Waals surface area (Å²) in [7, 11) is 0. The molecule has 0 aromatic heterocycles. The average molecular weight is 472 g/mol. The molecule has 3 aromatic rings. The number of ether oxygens (including phenoxy) is 1. The maximum Gasteiger partial charge on any atom is 0.336 e. The smallest absolute Gasteiger partial charge is 0.336 e. The molecule has 3 aromatic carbocycles. The lowest BCUT2D eigenvalue weighted by Gasteiger charge is -2.14. The second kappa shape index (κ2) is 10.4. The average Bonchev–Trinajstić information content (AvgIpc) is 3.08. The van der Waals surface area contributed by atoms with Gasteiger partial charge in [-0.1, -0.05) is 96.3 Å². The van der Waals surface area contributed by atoms with E-state index in [1.54, 1.807) is 41.3 Å². The van der Waals surface area contributed by atoms with Gasteiger partial charge in [0.2, 0.25) is 0 Å². The molecule has 1 aliphatic heterocycles. The van der Waals surface area contributed by atoms with Crippen LogP contribution in [0.4, 0.5) is 0 Å². The van der Waals surface area contributed by atoms with Gasteiger partial charge in [-0.25, -0.2) is 4.79 Å². The quantitative estimate of drug-likeness (QED) is 0.191. The number of thiocarbonyl (C=S) groups is 1. The first-order valence-electron chi connectivity index (χ1n) is 10.3. The van der Waals surface area contributed by atoms with Gasteiger partial charge in [0.1, 0.15) is 10.1 Å².